The summed E-state index contributed by atoms with van der Waals surface area (Å²) < 4.78 is 15.5. The number of carbonyl (C=O) groups is 3. The third-order valence-corrected chi connectivity index (χ3v) is 4.59. The van der Waals surface area contributed by atoms with E-state index in [1.165, 1.54) is 13.8 Å². The lowest BCUT2D eigenvalue weighted by atomic mass is 9.85. The molecule has 6 heteroatoms. The van der Waals surface area contributed by atoms with E-state index in [4.69, 9.17) is 14.2 Å². The minimum absolute atomic E-state index is 0.0115. The molecule has 0 aliphatic carbocycles. The van der Waals surface area contributed by atoms with Gasteiger partial charge in [-0.05, 0) is 48.2 Å². The van der Waals surface area contributed by atoms with Gasteiger partial charge in [0.15, 0.2) is 0 Å². The number of carbonyl (C=O) groups excluding carboxylic acids is 3. The first kappa shape index (κ1) is 19.6. The van der Waals surface area contributed by atoms with Crippen LogP contribution in [0, 0.1) is 11.8 Å². The number of esters is 3. The van der Waals surface area contributed by atoms with Gasteiger partial charge in [-0.15, -0.1) is 0 Å². The molecule has 1 heterocycles. The lowest BCUT2D eigenvalue weighted by Gasteiger charge is -2.16. The number of hydrogen-bond acceptors (Lipinski definition) is 6. The SMILES string of the molecule is CC(=O)Oc1cccc(C[C@H]2COC(=O)[C@@H]2Cc2cccc(OC(C)=O)c2)c1. The third kappa shape index (κ3) is 5.19. The molecule has 1 aliphatic heterocycles. The van der Waals surface area contributed by atoms with Gasteiger partial charge in [0.2, 0.25) is 0 Å². The van der Waals surface area contributed by atoms with Crippen LogP contribution in [0.1, 0.15) is 25.0 Å². The van der Waals surface area contributed by atoms with Crippen molar-refractivity contribution in [1.82, 2.24) is 0 Å². The Hall–Kier alpha value is -3.15. The second-order valence-corrected chi connectivity index (χ2v) is 6.89. The van der Waals surface area contributed by atoms with Crippen molar-refractivity contribution < 1.29 is 28.6 Å². The molecule has 0 radical (unpaired) electrons. The van der Waals surface area contributed by atoms with Crippen molar-refractivity contribution in [3.63, 3.8) is 0 Å². The average Bonchev–Trinajstić information content (AvgIpc) is 2.94. The summed E-state index contributed by atoms with van der Waals surface area (Å²) in [6, 6.07) is 14.5. The molecule has 2 aromatic carbocycles. The molecule has 1 aliphatic rings. The van der Waals surface area contributed by atoms with Gasteiger partial charge < -0.3 is 14.2 Å². The van der Waals surface area contributed by atoms with Crippen LogP contribution in [-0.4, -0.2) is 24.5 Å². The first-order valence-electron chi connectivity index (χ1n) is 9.12. The van der Waals surface area contributed by atoms with E-state index < -0.39 is 0 Å². The van der Waals surface area contributed by atoms with E-state index in [0.717, 1.165) is 11.1 Å². The summed E-state index contributed by atoms with van der Waals surface area (Å²) in [6.07, 6.45) is 1.14. The predicted octanol–water partition coefficient (Wildman–Crippen LogP) is 3.11. The number of benzene rings is 2. The van der Waals surface area contributed by atoms with Crippen LogP contribution < -0.4 is 9.47 Å². The van der Waals surface area contributed by atoms with Gasteiger partial charge in [-0.1, -0.05) is 24.3 Å². The van der Waals surface area contributed by atoms with Crippen molar-refractivity contribution in [2.75, 3.05) is 6.61 Å². The van der Waals surface area contributed by atoms with E-state index in [0.29, 0.717) is 30.9 Å². The summed E-state index contributed by atoms with van der Waals surface area (Å²) in [5.74, 6) is -0.311. The second-order valence-electron chi connectivity index (χ2n) is 6.89. The molecule has 2 atom stereocenters. The third-order valence-electron chi connectivity index (χ3n) is 4.59. The number of ether oxygens (including phenoxy) is 3. The highest BCUT2D eigenvalue weighted by atomic mass is 16.5. The Bertz CT molecular complexity index is 888. The normalized spacial score (nSPS) is 18.4. The summed E-state index contributed by atoms with van der Waals surface area (Å²) in [4.78, 5) is 34.6. The summed E-state index contributed by atoms with van der Waals surface area (Å²) in [7, 11) is 0. The van der Waals surface area contributed by atoms with Gasteiger partial charge in [0.05, 0.1) is 12.5 Å². The number of hydrogen-bond donors (Lipinski definition) is 0. The fourth-order valence-corrected chi connectivity index (χ4v) is 3.42. The van der Waals surface area contributed by atoms with Crippen molar-refractivity contribution >= 4 is 17.9 Å². The molecular formula is C22H22O6. The molecule has 1 saturated heterocycles. The van der Waals surface area contributed by atoms with E-state index in [2.05, 4.69) is 0 Å². The lowest BCUT2D eigenvalue weighted by Crippen LogP contribution is -2.20. The van der Waals surface area contributed by atoms with Gasteiger partial charge in [0, 0.05) is 19.8 Å². The largest absolute Gasteiger partial charge is 0.465 e. The zero-order chi connectivity index (χ0) is 20.1. The molecule has 1 fully saturated rings. The highest BCUT2D eigenvalue weighted by Crippen LogP contribution is 2.30. The lowest BCUT2D eigenvalue weighted by molar-refractivity contribution is -0.141. The highest BCUT2D eigenvalue weighted by molar-refractivity contribution is 5.75. The monoisotopic (exact) mass is 382 g/mol. The van der Waals surface area contributed by atoms with Crippen molar-refractivity contribution in [3.8, 4) is 11.5 Å². The van der Waals surface area contributed by atoms with E-state index >= 15 is 0 Å². The Balaban J connectivity index is 1.71. The van der Waals surface area contributed by atoms with E-state index in [9.17, 15) is 14.4 Å². The van der Waals surface area contributed by atoms with Crippen molar-refractivity contribution in [2.24, 2.45) is 11.8 Å². The zero-order valence-corrected chi connectivity index (χ0v) is 15.8. The standard InChI is InChI=1S/C22H22O6/c1-14(23)27-19-7-3-5-16(10-19)9-18-13-26-22(25)21(18)12-17-6-4-8-20(11-17)28-15(2)24/h3-8,10-11,18,21H,9,12-13H2,1-2H3/t18-,21+/m0/s1. The van der Waals surface area contributed by atoms with Gasteiger partial charge in [-0.2, -0.15) is 0 Å². The van der Waals surface area contributed by atoms with Crippen molar-refractivity contribution in [2.45, 2.75) is 26.7 Å². The molecule has 0 spiro atoms. The minimum atomic E-state index is -0.386. The Morgan fingerprint density at radius 3 is 2.00 bits per heavy atom. The van der Waals surface area contributed by atoms with Crippen LogP contribution in [0.4, 0.5) is 0 Å². The summed E-state index contributed by atoms with van der Waals surface area (Å²) in [6.45, 7) is 3.06. The Labute approximate surface area is 163 Å². The minimum Gasteiger partial charge on any atom is -0.465 e. The van der Waals surface area contributed by atoms with Gasteiger partial charge in [-0.25, -0.2) is 0 Å². The molecular weight excluding hydrogens is 360 g/mol. The molecule has 0 unspecified atom stereocenters. The van der Waals surface area contributed by atoms with Crippen molar-refractivity contribution in [3.05, 3.63) is 59.7 Å². The molecule has 2 aromatic rings. The fourth-order valence-electron chi connectivity index (χ4n) is 3.42. The molecule has 0 bridgehead atoms. The molecule has 3 rings (SSSR count). The Morgan fingerprint density at radius 1 is 0.929 bits per heavy atom. The highest BCUT2D eigenvalue weighted by Gasteiger charge is 2.36. The number of rotatable bonds is 6. The van der Waals surface area contributed by atoms with Crippen LogP contribution in [0.25, 0.3) is 0 Å². The molecule has 28 heavy (non-hydrogen) atoms. The van der Waals surface area contributed by atoms with Gasteiger partial charge in [0.25, 0.3) is 0 Å². The quantitative estimate of drug-likeness (QED) is 0.564. The van der Waals surface area contributed by atoms with Crippen LogP contribution >= 0.6 is 0 Å². The van der Waals surface area contributed by atoms with E-state index in [-0.39, 0.29) is 29.7 Å². The van der Waals surface area contributed by atoms with Crippen molar-refractivity contribution in [1.29, 1.82) is 0 Å². The van der Waals surface area contributed by atoms with Gasteiger partial charge in [0.1, 0.15) is 11.5 Å². The van der Waals surface area contributed by atoms with Gasteiger partial charge in [-0.3, -0.25) is 14.4 Å². The molecule has 146 valence electrons. The summed E-state index contributed by atoms with van der Waals surface area (Å²) in [5, 5.41) is 0. The Morgan fingerprint density at radius 2 is 1.46 bits per heavy atom. The first-order valence-corrected chi connectivity index (χ1v) is 9.12. The maximum Gasteiger partial charge on any atom is 0.309 e. The first-order chi connectivity index (χ1) is 13.4. The molecule has 0 saturated carbocycles. The zero-order valence-electron chi connectivity index (χ0n) is 15.8. The fraction of sp³-hybridized carbons (Fsp3) is 0.318. The van der Waals surface area contributed by atoms with Crippen LogP contribution in [-0.2, 0) is 32.0 Å². The summed E-state index contributed by atoms with van der Waals surface area (Å²) in [5.41, 5.74) is 1.88. The maximum absolute atomic E-state index is 12.3. The van der Waals surface area contributed by atoms with Gasteiger partial charge >= 0.3 is 17.9 Å². The molecule has 6 nitrogen and oxygen atoms in total. The Kier molecular flexibility index (Phi) is 6.09. The number of cyclic esters (lactones) is 1. The smallest absolute Gasteiger partial charge is 0.309 e. The van der Waals surface area contributed by atoms with E-state index in [1.54, 1.807) is 24.3 Å². The van der Waals surface area contributed by atoms with Crippen LogP contribution in [0.2, 0.25) is 0 Å². The van der Waals surface area contributed by atoms with E-state index in [1.807, 2.05) is 24.3 Å². The average molecular weight is 382 g/mol. The maximum atomic E-state index is 12.3. The summed E-state index contributed by atoms with van der Waals surface area (Å²) >= 11 is 0. The second kappa shape index (κ2) is 8.69. The molecule has 0 aromatic heterocycles. The molecule has 0 N–H and O–H groups in total. The predicted molar refractivity (Wildman–Crippen MR) is 101 cm³/mol. The van der Waals surface area contributed by atoms with Crippen LogP contribution in [0.15, 0.2) is 48.5 Å². The topological polar surface area (TPSA) is 78.9 Å². The van der Waals surface area contributed by atoms with Crippen LogP contribution in [0.3, 0.4) is 0 Å². The van der Waals surface area contributed by atoms with Crippen LogP contribution in [0.5, 0.6) is 11.5 Å². The molecule has 0 amide bonds.